The van der Waals surface area contributed by atoms with Crippen LogP contribution in [0.25, 0.3) is 0 Å². The monoisotopic (exact) mass is 278 g/mol. The summed E-state index contributed by atoms with van der Waals surface area (Å²) < 4.78 is 6.01. The van der Waals surface area contributed by atoms with Crippen molar-refractivity contribution in [3.63, 3.8) is 0 Å². The quantitative estimate of drug-likeness (QED) is 0.938. The summed E-state index contributed by atoms with van der Waals surface area (Å²) in [6, 6.07) is 8.16. The second kappa shape index (κ2) is 5.30. The third-order valence-corrected chi connectivity index (χ3v) is 4.86. The third kappa shape index (κ3) is 2.39. The molecule has 94 valence electrons. The molecule has 0 bridgehead atoms. The SMILES string of the molecule is NCCc1csc(C2CSc3ccccc3O2)n1. The van der Waals surface area contributed by atoms with E-state index >= 15 is 0 Å². The van der Waals surface area contributed by atoms with E-state index in [0.717, 1.165) is 28.6 Å². The first-order chi connectivity index (χ1) is 8.86. The van der Waals surface area contributed by atoms with Crippen molar-refractivity contribution in [3.8, 4) is 5.75 Å². The first kappa shape index (κ1) is 12.0. The van der Waals surface area contributed by atoms with Gasteiger partial charge in [-0.2, -0.15) is 0 Å². The van der Waals surface area contributed by atoms with Crippen molar-refractivity contribution in [1.82, 2.24) is 4.98 Å². The van der Waals surface area contributed by atoms with Gasteiger partial charge in [-0.1, -0.05) is 12.1 Å². The second-order valence-corrected chi connectivity index (χ2v) is 6.03. The Labute approximate surface area is 114 Å². The molecule has 5 heteroatoms. The molecule has 0 spiro atoms. The van der Waals surface area contributed by atoms with E-state index in [4.69, 9.17) is 10.5 Å². The Bertz CT molecular complexity index is 541. The molecule has 2 aromatic rings. The maximum Gasteiger partial charge on any atom is 0.159 e. The molecule has 3 rings (SSSR count). The van der Waals surface area contributed by atoms with Gasteiger partial charge < -0.3 is 10.5 Å². The Morgan fingerprint density at radius 3 is 3.17 bits per heavy atom. The minimum absolute atomic E-state index is 0.0708. The summed E-state index contributed by atoms with van der Waals surface area (Å²) in [5, 5.41) is 3.14. The summed E-state index contributed by atoms with van der Waals surface area (Å²) >= 11 is 3.50. The fourth-order valence-corrected chi connectivity index (χ4v) is 3.85. The van der Waals surface area contributed by atoms with E-state index < -0.39 is 0 Å². The molecule has 0 aliphatic carbocycles. The van der Waals surface area contributed by atoms with E-state index in [1.165, 1.54) is 4.90 Å². The van der Waals surface area contributed by atoms with Gasteiger partial charge in [0.1, 0.15) is 10.8 Å². The predicted octanol–water partition coefficient (Wildman–Crippen LogP) is 2.87. The standard InChI is InChI=1S/C13H14N2OS2/c14-6-5-9-7-18-13(15-9)11-8-17-12-4-2-1-3-10(12)16-11/h1-4,7,11H,5-6,8,14H2. The number of ether oxygens (including phenoxy) is 1. The zero-order valence-corrected chi connectivity index (χ0v) is 11.5. The Morgan fingerprint density at radius 2 is 2.28 bits per heavy atom. The van der Waals surface area contributed by atoms with Crippen LogP contribution in [0.5, 0.6) is 5.75 Å². The van der Waals surface area contributed by atoms with Gasteiger partial charge >= 0.3 is 0 Å². The zero-order chi connectivity index (χ0) is 12.4. The van der Waals surface area contributed by atoms with Crippen LogP contribution in [0.3, 0.4) is 0 Å². The lowest BCUT2D eigenvalue weighted by Crippen LogP contribution is -2.14. The molecular formula is C13H14N2OS2. The molecule has 3 nitrogen and oxygen atoms in total. The topological polar surface area (TPSA) is 48.1 Å². The first-order valence-corrected chi connectivity index (χ1v) is 7.76. The van der Waals surface area contributed by atoms with Crippen LogP contribution < -0.4 is 10.5 Å². The molecule has 0 amide bonds. The lowest BCUT2D eigenvalue weighted by Gasteiger charge is -2.23. The van der Waals surface area contributed by atoms with Crippen LogP contribution in [0.2, 0.25) is 0 Å². The van der Waals surface area contributed by atoms with Crippen molar-refractivity contribution in [1.29, 1.82) is 0 Å². The number of hydrogen-bond donors (Lipinski definition) is 1. The highest BCUT2D eigenvalue weighted by molar-refractivity contribution is 7.99. The number of thioether (sulfide) groups is 1. The Hall–Kier alpha value is -1.04. The zero-order valence-electron chi connectivity index (χ0n) is 9.83. The van der Waals surface area contributed by atoms with Gasteiger partial charge in [0.2, 0.25) is 0 Å². The fraction of sp³-hybridized carbons (Fsp3) is 0.308. The van der Waals surface area contributed by atoms with Crippen molar-refractivity contribution in [2.24, 2.45) is 5.73 Å². The van der Waals surface area contributed by atoms with Crippen LogP contribution in [0.1, 0.15) is 16.8 Å². The van der Waals surface area contributed by atoms with Gasteiger partial charge in [0.25, 0.3) is 0 Å². The molecule has 1 aliphatic heterocycles. The number of benzene rings is 1. The van der Waals surface area contributed by atoms with Gasteiger partial charge in [0, 0.05) is 22.4 Å². The van der Waals surface area contributed by atoms with E-state index in [9.17, 15) is 0 Å². The first-order valence-electron chi connectivity index (χ1n) is 5.89. The van der Waals surface area contributed by atoms with Gasteiger partial charge in [-0.15, -0.1) is 23.1 Å². The molecule has 0 saturated carbocycles. The number of thiazole rings is 1. The highest BCUT2D eigenvalue weighted by atomic mass is 32.2. The average Bonchev–Trinajstić information content (AvgIpc) is 2.87. The largest absolute Gasteiger partial charge is 0.481 e. The molecule has 0 saturated heterocycles. The van der Waals surface area contributed by atoms with Gasteiger partial charge in [-0.3, -0.25) is 0 Å². The number of rotatable bonds is 3. The molecule has 1 aromatic carbocycles. The predicted molar refractivity (Wildman–Crippen MR) is 75.4 cm³/mol. The van der Waals surface area contributed by atoms with Crippen LogP contribution >= 0.6 is 23.1 Å². The van der Waals surface area contributed by atoms with Gasteiger partial charge in [-0.25, -0.2) is 4.98 Å². The lowest BCUT2D eigenvalue weighted by molar-refractivity contribution is 0.219. The molecule has 2 N–H and O–H groups in total. The van der Waals surface area contributed by atoms with Crippen molar-refractivity contribution < 1.29 is 4.74 Å². The van der Waals surface area contributed by atoms with Crippen molar-refractivity contribution in [3.05, 3.63) is 40.3 Å². The van der Waals surface area contributed by atoms with Crippen molar-refractivity contribution >= 4 is 23.1 Å². The molecular weight excluding hydrogens is 264 g/mol. The van der Waals surface area contributed by atoms with Crippen LogP contribution in [-0.4, -0.2) is 17.3 Å². The van der Waals surface area contributed by atoms with Crippen molar-refractivity contribution in [2.75, 3.05) is 12.3 Å². The normalized spacial score (nSPS) is 18.2. The molecule has 18 heavy (non-hydrogen) atoms. The van der Waals surface area contributed by atoms with Crippen LogP contribution in [0.4, 0.5) is 0 Å². The van der Waals surface area contributed by atoms with Gasteiger partial charge in [0.05, 0.1) is 5.69 Å². The molecule has 0 radical (unpaired) electrons. The van der Waals surface area contributed by atoms with E-state index in [-0.39, 0.29) is 6.10 Å². The molecule has 1 aliphatic rings. The molecule has 0 fully saturated rings. The smallest absolute Gasteiger partial charge is 0.159 e. The Kier molecular flexibility index (Phi) is 3.54. The summed E-state index contributed by atoms with van der Waals surface area (Å²) in [6.07, 6.45) is 0.911. The maximum atomic E-state index is 6.01. The average molecular weight is 278 g/mol. The molecule has 1 aromatic heterocycles. The molecule has 1 atom stereocenters. The maximum absolute atomic E-state index is 6.01. The van der Waals surface area contributed by atoms with Gasteiger partial charge in [-0.05, 0) is 18.7 Å². The Morgan fingerprint density at radius 1 is 1.39 bits per heavy atom. The number of para-hydroxylation sites is 1. The van der Waals surface area contributed by atoms with E-state index in [0.29, 0.717) is 6.54 Å². The van der Waals surface area contributed by atoms with Crippen molar-refractivity contribution in [2.45, 2.75) is 17.4 Å². The lowest BCUT2D eigenvalue weighted by atomic mass is 10.3. The van der Waals surface area contributed by atoms with E-state index in [1.807, 2.05) is 30.0 Å². The number of aromatic nitrogens is 1. The highest BCUT2D eigenvalue weighted by Gasteiger charge is 2.23. The van der Waals surface area contributed by atoms with Crippen LogP contribution in [-0.2, 0) is 6.42 Å². The van der Waals surface area contributed by atoms with Crippen LogP contribution in [0.15, 0.2) is 34.5 Å². The molecule has 2 heterocycles. The van der Waals surface area contributed by atoms with Gasteiger partial charge in [0.15, 0.2) is 6.10 Å². The summed E-state index contributed by atoms with van der Waals surface area (Å²) in [6.45, 7) is 0.645. The summed E-state index contributed by atoms with van der Waals surface area (Å²) in [5.74, 6) is 1.89. The van der Waals surface area contributed by atoms with E-state index in [1.54, 1.807) is 11.3 Å². The number of nitrogens with zero attached hydrogens (tertiary/aromatic N) is 1. The Balaban J connectivity index is 1.78. The summed E-state index contributed by atoms with van der Waals surface area (Å²) in [4.78, 5) is 5.81. The third-order valence-electron chi connectivity index (χ3n) is 2.75. The summed E-state index contributed by atoms with van der Waals surface area (Å²) in [5.41, 5.74) is 6.61. The second-order valence-electron chi connectivity index (χ2n) is 4.08. The van der Waals surface area contributed by atoms with E-state index in [2.05, 4.69) is 16.4 Å². The number of hydrogen-bond acceptors (Lipinski definition) is 5. The number of fused-ring (bicyclic) bond motifs is 1. The van der Waals surface area contributed by atoms with Crippen LogP contribution in [0, 0.1) is 0 Å². The number of nitrogens with two attached hydrogens (primary N) is 1. The minimum atomic E-state index is 0.0708. The fourth-order valence-electron chi connectivity index (χ4n) is 1.87. The minimum Gasteiger partial charge on any atom is -0.481 e. The molecule has 1 unspecified atom stereocenters. The highest BCUT2D eigenvalue weighted by Crippen LogP contribution is 2.40. The summed E-state index contributed by atoms with van der Waals surface area (Å²) in [7, 11) is 0.